The highest BCUT2D eigenvalue weighted by atomic mass is 32.1. The van der Waals surface area contributed by atoms with E-state index in [-0.39, 0.29) is 17.9 Å². The first-order chi connectivity index (χ1) is 8.16. The molecular formula is C13H20N2OS. The molecule has 0 radical (unpaired) electrons. The van der Waals surface area contributed by atoms with E-state index >= 15 is 0 Å². The van der Waals surface area contributed by atoms with Crippen molar-refractivity contribution in [2.75, 3.05) is 6.54 Å². The third-order valence-corrected chi connectivity index (χ3v) is 4.38. The van der Waals surface area contributed by atoms with Gasteiger partial charge in [-0.2, -0.15) is 0 Å². The van der Waals surface area contributed by atoms with Crippen LogP contribution in [0.5, 0.6) is 0 Å². The fraction of sp³-hybridized carbons (Fsp3) is 0.615. The molecule has 0 bridgehead atoms. The maximum Gasteiger partial charge on any atom is 0.223 e. The second-order valence-corrected chi connectivity index (χ2v) is 5.80. The summed E-state index contributed by atoms with van der Waals surface area (Å²) in [6.45, 7) is 5.14. The second-order valence-electron chi connectivity index (χ2n) is 4.82. The van der Waals surface area contributed by atoms with Crippen molar-refractivity contribution in [3.63, 3.8) is 0 Å². The minimum atomic E-state index is 0.132. The monoisotopic (exact) mass is 252 g/mol. The average molecular weight is 252 g/mol. The summed E-state index contributed by atoms with van der Waals surface area (Å²) in [7, 11) is 0. The normalized spacial score (nSPS) is 26.5. The van der Waals surface area contributed by atoms with Crippen LogP contribution in [0.25, 0.3) is 0 Å². The quantitative estimate of drug-likeness (QED) is 0.867. The van der Waals surface area contributed by atoms with Crippen LogP contribution in [0.4, 0.5) is 0 Å². The van der Waals surface area contributed by atoms with Gasteiger partial charge in [0.15, 0.2) is 0 Å². The van der Waals surface area contributed by atoms with Gasteiger partial charge in [0, 0.05) is 16.8 Å². The largest absolute Gasteiger partial charge is 0.349 e. The van der Waals surface area contributed by atoms with E-state index in [2.05, 4.69) is 23.6 Å². The van der Waals surface area contributed by atoms with E-state index in [9.17, 15) is 4.79 Å². The predicted octanol–water partition coefficient (Wildman–Crippen LogP) is 2.31. The maximum absolute atomic E-state index is 12.1. The molecule has 2 rings (SSSR count). The lowest BCUT2D eigenvalue weighted by atomic mass is 9.92. The molecule has 1 fully saturated rings. The SMILES string of the molecule is CC1CC(C(=O)N[C@H](C)c2cccs2)CCN1. The first kappa shape index (κ1) is 12.6. The topological polar surface area (TPSA) is 41.1 Å². The standard InChI is InChI=1S/C13H20N2OS/c1-9-8-11(5-6-14-9)13(16)15-10(2)12-4-3-7-17-12/h3-4,7,9-11,14H,5-6,8H2,1-2H3,(H,15,16)/t9?,10-,11?/m1/s1. The van der Waals surface area contributed by atoms with Crippen LogP contribution in [-0.2, 0) is 4.79 Å². The molecule has 1 aromatic heterocycles. The minimum Gasteiger partial charge on any atom is -0.349 e. The van der Waals surface area contributed by atoms with Gasteiger partial charge in [0.2, 0.25) is 5.91 Å². The molecule has 3 atom stereocenters. The maximum atomic E-state index is 12.1. The molecule has 0 aromatic carbocycles. The lowest BCUT2D eigenvalue weighted by Gasteiger charge is -2.28. The van der Waals surface area contributed by atoms with Gasteiger partial charge in [0.25, 0.3) is 0 Å². The Balaban J connectivity index is 1.88. The number of rotatable bonds is 3. The summed E-state index contributed by atoms with van der Waals surface area (Å²) in [5.74, 6) is 0.382. The van der Waals surface area contributed by atoms with Gasteiger partial charge in [-0.15, -0.1) is 11.3 Å². The molecular weight excluding hydrogens is 232 g/mol. The van der Waals surface area contributed by atoms with E-state index in [1.54, 1.807) is 11.3 Å². The van der Waals surface area contributed by atoms with Crippen molar-refractivity contribution < 1.29 is 4.79 Å². The van der Waals surface area contributed by atoms with Crippen LogP contribution < -0.4 is 10.6 Å². The smallest absolute Gasteiger partial charge is 0.223 e. The molecule has 4 heteroatoms. The predicted molar refractivity (Wildman–Crippen MR) is 71.1 cm³/mol. The summed E-state index contributed by atoms with van der Waals surface area (Å²) in [5.41, 5.74) is 0. The number of carbonyl (C=O) groups is 1. The van der Waals surface area contributed by atoms with E-state index in [1.165, 1.54) is 4.88 Å². The number of nitrogens with one attached hydrogen (secondary N) is 2. The fourth-order valence-electron chi connectivity index (χ4n) is 2.31. The number of carbonyl (C=O) groups excluding carboxylic acids is 1. The van der Waals surface area contributed by atoms with Crippen molar-refractivity contribution in [1.29, 1.82) is 0 Å². The minimum absolute atomic E-state index is 0.132. The highest BCUT2D eigenvalue weighted by molar-refractivity contribution is 7.10. The van der Waals surface area contributed by atoms with Gasteiger partial charge in [-0.25, -0.2) is 0 Å². The Bertz CT molecular complexity index is 364. The van der Waals surface area contributed by atoms with Gasteiger partial charge in [0.05, 0.1) is 6.04 Å². The van der Waals surface area contributed by atoms with Gasteiger partial charge in [-0.3, -0.25) is 4.79 Å². The highest BCUT2D eigenvalue weighted by Crippen LogP contribution is 2.21. The zero-order valence-electron chi connectivity index (χ0n) is 10.4. The van der Waals surface area contributed by atoms with Crippen molar-refractivity contribution in [3.05, 3.63) is 22.4 Å². The van der Waals surface area contributed by atoms with Gasteiger partial charge < -0.3 is 10.6 Å². The number of hydrogen-bond acceptors (Lipinski definition) is 3. The molecule has 1 amide bonds. The Labute approximate surface area is 107 Å². The molecule has 3 nitrogen and oxygen atoms in total. The summed E-state index contributed by atoms with van der Waals surface area (Å²) >= 11 is 1.69. The molecule has 2 N–H and O–H groups in total. The van der Waals surface area contributed by atoms with E-state index in [4.69, 9.17) is 0 Å². The Hall–Kier alpha value is -0.870. The van der Waals surface area contributed by atoms with Crippen LogP contribution in [0, 0.1) is 5.92 Å². The van der Waals surface area contributed by atoms with Crippen molar-refractivity contribution in [2.45, 2.75) is 38.8 Å². The first-order valence-electron chi connectivity index (χ1n) is 6.24. The Morgan fingerprint density at radius 1 is 1.65 bits per heavy atom. The molecule has 2 heterocycles. The van der Waals surface area contributed by atoms with Crippen molar-refractivity contribution in [1.82, 2.24) is 10.6 Å². The van der Waals surface area contributed by atoms with E-state index < -0.39 is 0 Å². The third-order valence-electron chi connectivity index (χ3n) is 3.32. The lowest BCUT2D eigenvalue weighted by Crippen LogP contribution is -2.42. The van der Waals surface area contributed by atoms with E-state index in [1.807, 2.05) is 18.4 Å². The molecule has 94 valence electrons. The van der Waals surface area contributed by atoms with Crippen LogP contribution in [0.3, 0.4) is 0 Å². The number of amides is 1. The number of piperidine rings is 1. The van der Waals surface area contributed by atoms with Crippen molar-refractivity contribution in [3.8, 4) is 0 Å². The highest BCUT2D eigenvalue weighted by Gasteiger charge is 2.25. The van der Waals surface area contributed by atoms with Gasteiger partial charge in [-0.1, -0.05) is 6.07 Å². The summed E-state index contributed by atoms with van der Waals surface area (Å²) in [6, 6.07) is 4.68. The molecule has 1 aliphatic rings. The molecule has 0 saturated carbocycles. The van der Waals surface area contributed by atoms with Crippen LogP contribution in [0.1, 0.15) is 37.6 Å². The number of thiophene rings is 1. The lowest BCUT2D eigenvalue weighted by molar-refractivity contribution is -0.126. The van der Waals surface area contributed by atoms with E-state index in [0.29, 0.717) is 6.04 Å². The van der Waals surface area contributed by atoms with Crippen LogP contribution in [-0.4, -0.2) is 18.5 Å². The molecule has 0 spiro atoms. The summed E-state index contributed by atoms with van der Waals surface area (Å²) in [4.78, 5) is 13.3. The number of hydrogen-bond donors (Lipinski definition) is 2. The van der Waals surface area contributed by atoms with Gasteiger partial charge in [0.1, 0.15) is 0 Å². The van der Waals surface area contributed by atoms with Crippen molar-refractivity contribution in [2.24, 2.45) is 5.92 Å². The van der Waals surface area contributed by atoms with Gasteiger partial charge in [-0.05, 0) is 44.7 Å². The molecule has 17 heavy (non-hydrogen) atoms. The average Bonchev–Trinajstić information content (AvgIpc) is 2.82. The molecule has 0 aliphatic carbocycles. The Morgan fingerprint density at radius 2 is 2.47 bits per heavy atom. The van der Waals surface area contributed by atoms with E-state index in [0.717, 1.165) is 19.4 Å². The fourth-order valence-corrected chi connectivity index (χ4v) is 3.04. The zero-order valence-corrected chi connectivity index (χ0v) is 11.2. The molecule has 1 saturated heterocycles. The summed E-state index contributed by atoms with van der Waals surface area (Å²) in [5, 5.41) is 8.53. The first-order valence-corrected chi connectivity index (χ1v) is 7.12. The van der Waals surface area contributed by atoms with Crippen molar-refractivity contribution >= 4 is 17.2 Å². The Morgan fingerprint density at radius 3 is 3.12 bits per heavy atom. The summed E-state index contributed by atoms with van der Waals surface area (Å²) < 4.78 is 0. The Kier molecular flexibility index (Phi) is 4.18. The third kappa shape index (κ3) is 3.30. The van der Waals surface area contributed by atoms with Crippen LogP contribution >= 0.6 is 11.3 Å². The van der Waals surface area contributed by atoms with Gasteiger partial charge >= 0.3 is 0 Å². The zero-order chi connectivity index (χ0) is 12.3. The molecule has 1 aromatic rings. The second kappa shape index (κ2) is 5.65. The van der Waals surface area contributed by atoms with Crippen LogP contribution in [0.2, 0.25) is 0 Å². The molecule has 2 unspecified atom stereocenters. The van der Waals surface area contributed by atoms with Crippen LogP contribution in [0.15, 0.2) is 17.5 Å². The molecule has 1 aliphatic heterocycles. The summed E-state index contributed by atoms with van der Waals surface area (Å²) in [6.07, 6.45) is 1.90.